The van der Waals surface area contributed by atoms with Crippen LogP contribution in [-0.4, -0.2) is 16.6 Å². The molecule has 1 fully saturated rings. The highest BCUT2D eigenvalue weighted by molar-refractivity contribution is 5.28. The van der Waals surface area contributed by atoms with E-state index in [4.69, 9.17) is 10.5 Å². The van der Waals surface area contributed by atoms with Gasteiger partial charge in [-0.3, -0.25) is 0 Å². The molecule has 1 aliphatic carbocycles. The molecule has 1 aromatic rings. The molecule has 0 spiro atoms. The summed E-state index contributed by atoms with van der Waals surface area (Å²) in [6.07, 6.45) is 4.24. The number of aromatic nitrogens is 2. The van der Waals surface area contributed by atoms with E-state index in [-0.39, 0.29) is 5.95 Å². The maximum Gasteiger partial charge on any atom is 0.223 e. The van der Waals surface area contributed by atoms with E-state index in [0.717, 1.165) is 18.1 Å². The summed E-state index contributed by atoms with van der Waals surface area (Å²) in [5.74, 6) is 1.63. The van der Waals surface area contributed by atoms with Gasteiger partial charge in [-0.1, -0.05) is 13.8 Å². The number of nitrogen functional groups attached to an aromatic ring is 1. The Balaban J connectivity index is 0.000000531. The van der Waals surface area contributed by atoms with Crippen LogP contribution in [0.25, 0.3) is 0 Å². The number of anilines is 1. The fraction of sp³-hybridized carbons (Fsp3) is 0.636. The summed E-state index contributed by atoms with van der Waals surface area (Å²) < 4.78 is 5.51. The van der Waals surface area contributed by atoms with Gasteiger partial charge in [0.1, 0.15) is 0 Å². The zero-order valence-corrected chi connectivity index (χ0v) is 9.66. The Morgan fingerprint density at radius 2 is 2.13 bits per heavy atom. The van der Waals surface area contributed by atoms with Crippen molar-refractivity contribution in [1.82, 2.24) is 9.97 Å². The van der Waals surface area contributed by atoms with Crippen LogP contribution in [0.2, 0.25) is 0 Å². The van der Waals surface area contributed by atoms with Gasteiger partial charge in [0, 0.05) is 11.8 Å². The highest BCUT2D eigenvalue weighted by atomic mass is 16.5. The van der Waals surface area contributed by atoms with E-state index < -0.39 is 0 Å². The Morgan fingerprint density at radius 3 is 2.73 bits per heavy atom. The third-order valence-corrected chi connectivity index (χ3v) is 2.10. The van der Waals surface area contributed by atoms with Crippen molar-refractivity contribution in [3.63, 3.8) is 0 Å². The standard InChI is InChI=1S/C9H13N3O.C2H6/c1-6-4-11-9(10)12-8(6)13-5-7-2-3-7;1-2/h4,7H,2-3,5H2,1H3,(H2,10,11,12);1-2H3. The number of nitrogens with zero attached hydrogens (tertiary/aromatic N) is 2. The second-order valence-electron chi connectivity index (χ2n) is 3.47. The lowest BCUT2D eigenvalue weighted by atomic mass is 10.4. The van der Waals surface area contributed by atoms with E-state index in [1.807, 2.05) is 20.8 Å². The van der Waals surface area contributed by atoms with Crippen LogP contribution in [0.15, 0.2) is 6.20 Å². The van der Waals surface area contributed by atoms with Gasteiger partial charge < -0.3 is 10.5 Å². The van der Waals surface area contributed by atoms with Gasteiger partial charge in [-0.15, -0.1) is 0 Å². The minimum absolute atomic E-state index is 0.274. The van der Waals surface area contributed by atoms with Crippen LogP contribution in [-0.2, 0) is 0 Å². The Bertz CT molecular complexity index is 311. The number of ether oxygens (including phenoxy) is 1. The van der Waals surface area contributed by atoms with Gasteiger partial charge in [-0.2, -0.15) is 4.98 Å². The van der Waals surface area contributed by atoms with Crippen LogP contribution in [0.5, 0.6) is 5.88 Å². The molecule has 0 atom stereocenters. The van der Waals surface area contributed by atoms with Crippen molar-refractivity contribution < 1.29 is 4.74 Å². The molecule has 0 amide bonds. The van der Waals surface area contributed by atoms with Crippen LogP contribution in [0.1, 0.15) is 32.3 Å². The van der Waals surface area contributed by atoms with Gasteiger partial charge in [0.15, 0.2) is 0 Å². The van der Waals surface area contributed by atoms with Crippen LogP contribution < -0.4 is 10.5 Å². The van der Waals surface area contributed by atoms with Crippen molar-refractivity contribution in [1.29, 1.82) is 0 Å². The van der Waals surface area contributed by atoms with Crippen LogP contribution >= 0.6 is 0 Å². The zero-order valence-electron chi connectivity index (χ0n) is 9.66. The largest absolute Gasteiger partial charge is 0.477 e. The first kappa shape index (κ1) is 11.8. The van der Waals surface area contributed by atoms with Crippen molar-refractivity contribution in [2.75, 3.05) is 12.3 Å². The molecule has 0 saturated heterocycles. The molecule has 0 bridgehead atoms. The molecule has 4 heteroatoms. The fourth-order valence-electron chi connectivity index (χ4n) is 1.07. The van der Waals surface area contributed by atoms with E-state index in [1.165, 1.54) is 12.8 Å². The lowest BCUT2D eigenvalue weighted by molar-refractivity contribution is 0.286. The number of aryl methyl sites for hydroxylation is 1. The van der Waals surface area contributed by atoms with Gasteiger partial charge >= 0.3 is 0 Å². The first-order valence-corrected chi connectivity index (χ1v) is 5.47. The molecule has 1 aliphatic rings. The molecule has 1 heterocycles. The smallest absolute Gasteiger partial charge is 0.223 e. The SMILES string of the molecule is CC.Cc1cnc(N)nc1OCC1CC1. The van der Waals surface area contributed by atoms with Gasteiger partial charge in [0.2, 0.25) is 11.8 Å². The molecule has 2 rings (SSSR count). The van der Waals surface area contributed by atoms with E-state index >= 15 is 0 Å². The van der Waals surface area contributed by atoms with E-state index in [9.17, 15) is 0 Å². The van der Waals surface area contributed by atoms with Crippen LogP contribution in [0.3, 0.4) is 0 Å². The predicted molar refractivity (Wildman–Crippen MR) is 60.7 cm³/mol. The fourth-order valence-corrected chi connectivity index (χ4v) is 1.07. The molecule has 0 unspecified atom stereocenters. The maximum absolute atomic E-state index is 5.51. The average Bonchev–Trinajstić information content (AvgIpc) is 3.06. The molecule has 1 aromatic heterocycles. The van der Waals surface area contributed by atoms with E-state index in [1.54, 1.807) is 6.20 Å². The average molecular weight is 209 g/mol. The molecular formula is C11H19N3O. The highest BCUT2D eigenvalue weighted by Crippen LogP contribution is 2.29. The maximum atomic E-state index is 5.51. The first-order valence-electron chi connectivity index (χ1n) is 5.47. The quantitative estimate of drug-likeness (QED) is 0.828. The number of nitrogens with two attached hydrogens (primary N) is 1. The van der Waals surface area contributed by atoms with Crippen molar-refractivity contribution in [2.45, 2.75) is 33.6 Å². The zero-order chi connectivity index (χ0) is 11.3. The molecule has 15 heavy (non-hydrogen) atoms. The molecule has 4 nitrogen and oxygen atoms in total. The van der Waals surface area contributed by atoms with Crippen LogP contribution in [0, 0.1) is 12.8 Å². The monoisotopic (exact) mass is 209 g/mol. The van der Waals surface area contributed by atoms with E-state index in [0.29, 0.717) is 5.88 Å². The molecule has 1 saturated carbocycles. The summed E-state index contributed by atoms with van der Waals surface area (Å²) >= 11 is 0. The van der Waals surface area contributed by atoms with Crippen molar-refractivity contribution in [3.05, 3.63) is 11.8 Å². The minimum atomic E-state index is 0.274. The van der Waals surface area contributed by atoms with E-state index in [2.05, 4.69) is 9.97 Å². The minimum Gasteiger partial charge on any atom is -0.477 e. The molecule has 2 N–H and O–H groups in total. The topological polar surface area (TPSA) is 61.0 Å². The third kappa shape index (κ3) is 3.73. The molecule has 0 aromatic carbocycles. The summed E-state index contributed by atoms with van der Waals surface area (Å²) in [7, 11) is 0. The summed E-state index contributed by atoms with van der Waals surface area (Å²) in [6.45, 7) is 6.68. The molecule has 0 aliphatic heterocycles. The van der Waals surface area contributed by atoms with Gasteiger partial charge in [-0.05, 0) is 25.7 Å². The molecule has 84 valence electrons. The number of rotatable bonds is 3. The summed E-state index contributed by atoms with van der Waals surface area (Å²) in [5.41, 5.74) is 6.39. The van der Waals surface area contributed by atoms with Gasteiger partial charge in [0.05, 0.1) is 6.61 Å². The number of hydrogen-bond donors (Lipinski definition) is 1. The summed E-state index contributed by atoms with van der Waals surface area (Å²) in [5, 5.41) is 0. The second-order valence-corrected chi connectivity index (χ2v) is 3.47. The Labute approximate surface area is 90.9 Å². The van der Waals surface area contributed by atoms with Gasteiger partial charge in [0.25, 0.3) is 0 Å². The first-order chi connectivity index (χ1) is 7.25. The Hall–Kier alpha value is -1.32. The second kappa shape index (κ2) is 5.53. The molecule has 0 radical (unpaired) electrons. The summed E-state index contributed by atoms with van der Waals surface area (Å²) in [4.78, 5) is 7.89. The lowest BCUT2D eigenvalue weighted by Crippen LogP contribution is -2.05. The van der Waals surface area contributed by atoms with Crippen molar-refractivity contribution in [2.24, 2.45) is 5.92 Å². The van der Waals surface area contributed by atoms with Crippen LogP contribution in [0.4, 0.5) is 5.95 Å². The predicted octanol–water partition coefficient (Wildman–Crippen LogP) is 2.18. The summed E-state index contributed by atoms with van der Waals surface area (Å²) in [6, 6.07) is 0. The number of hydrogen-bond acceptors (Lipinski definition) is 4. The highest BCUT2D eigenvalue weighted by Gasteiger charge is 2.22. The Kier molecular flexibility index (Phi) is 4.34. The normalized spacial score (nSPS) is 14.1. The Morgan fingerprint density at radius 1 is 1.47 bits per heavy atom. The van der Waals surface area contributed by atoms with Crippen molar-refractivity contribution in [3.8, 4) is 5.88 Å². The van der Waals surface area contributed by atoms with Crippen molar-refractivity contribution >= 4 is 5.95 Å². The molecular weight excluding hydrogens is 190 g/mol. The van der Waals surface area contributed by atoms with Gasteiger partial charge in [-0.25, -0.2) is 4.98 Å². The lowest BCUT2D eigenvalue weighted by Gasteiger charge is -2.06. The third-order valence-electron chi connectivity index (χ3n) is 2.10.